The number of nitrogens with one attached hydrogen (secondary N) is 1. The molecule has 3 nitrogen and oxygen atoms in total. The van der Waals surface area contributed by atoms with Crippen LogP contribution in [0, 0.1) is 6.92 Å². The molecule has 18 heavy (non-hydrogen) atoms. The first-order valence-electron chi connectivity index (χ1n) is 6.07. The van der Waals surface area contributed by atoms with E-state index in [1.54, 1.807) is 23.1 Å². The molecule has 0 aromatic carbocycles. The molecule has 96 valence electrons. The lowest BCUT2D eigenvalue weighted by Gasteiger charge is -2.11. The second kappa shape index (κ2) is 6.20. The van der Waals surface area contributed by atoms with E-state index < -0.39 is 0 Å². The molecule has 0 saturated heterocycles. The Kier molecular flexibility index (Phi) is 4.60. The molecule has 0 aliphatic rings. The fourth-order valence-corrected chi connectivity index (χ4v) is 3.34. The van der Waals surface area contributed by atoms with Gasteiger partial charge in [0.2, 0.25) is 0 Å². The molecule has 5 heteroatoms. The summed E-state index contributed by atoms with van der Waals surface area (Å²) in [5, 5.41) is 6.45. The van der Waals surface area contributed by atoms with Crippen LogP contribution in [0.1, 0.15) is 25.2 Å². The van der Waals surface area contributed by atoms with Gasteiger partial charge in [0.25, 0.3) is 0 Å². The summed E-state index contributed by atoms with van der Waals surface area (Å²) in [6, 6.07) is 4.19. The highest BCUT2D eigenvalue weighted by Gasteiger charge is 2.11. The smallest absolute Gasteiger partial charge is 0.133 e. The zero-order chi connectivity index (χ0) is 13.0. The standard InChI is InChI=1S/C13H17N3S2/c1-4-10-15-12(14-5-2)9(3)13(16-10)18-11-7-6-8-17-11/h6-8H,4-5H2,1-3H3,(H,14,15,16). The predicted octanol–water partition coefficient (Wildman–Crippen LogP) is 3.99. The zero-order valence-corrected chi connectivity index (χ0v) is 12.5. The number of aryl methyl sites for hydroxylation is 1. The minimum atomic E-state index is 0.858. The highest BCUT2D eigenvalue weighted by molar-refractivity contribution is 8.01. The van der Waals surface area contributed by atoms with Gasteiger partial charge < -0.3 is 5.32 Å². The molecule has 0 saturated carbocycles. The van der Waals surface area contributed by atoms with Gasteiger partial charge >= 0.3 is 0 Å². The minimum absolute atomic E-state index is 0.858. The Bertz CT molecular complexity index is 509. The van der Waals surface area contributed by atoms with E-state index in [9.17, 15) is 0 Å². The van der Waals surface area contributed by atoms with Crippen LogP contribution >= 0.6 is 23.1 Å². The van der Waals surface area contributed by atoms with Crippen LogP contribution in [0.3, 0.4) is 0 Å². The van der Waals surface area contributed by atoms with Crippen LogP contribution in [0.4, 0.5) is 5.82 Å². The molecule has 2 aromatic rings. The Hall–Kier alpha value is -1.07. The Balaban J connectivity index is 2.35. The van der Waals surface area contributed by atoms with Crippen molar-refractivity contribution in [2.45, 2.75) is 36.4 Å². The number of rotatable bonds is 5. The normalized spacial score (nSPS) is 10.6. The Labute approximate surface area is 116 Å². The van der Waals surface area contributed by atoms with Crippen molar-refractivity contribution in [3.05, 3.63) is 28.9 Å². The molecule has 0 aliphatic heterocycles. The van der Waals surface area contributed by atoms with Crippen molar-refractivity contribution in [2.24, 2.45) is 0 Å². The molecular formula is C13H17N3S2. The highest BCUT2D eigenvalue weighted by Crippen LogP contribution is 2.33. The van der Waals surface area contributed by atoms with E-state index in [1.165, 1.54) is 4.21 Å². The highest BCUT2D eigenvalue weighted by atomic mass is 32.2. The lowest BCUT2D eigenvalue weighted by atomic mass is 10.3. The van der Waals surface area contributed by atoms with Gasteiger partial charge in [-0.3, -0.25) is 0 Å². The maximum absolute atomic E-state index is 4.63. The van der Waals surface area contributed by atoms with E-state index in [0.717, 1.165) is 35.2 Å². The number of anilines is 1. The van der Waals surface area contributed by atoms with Crippen molar-refractivity contribution in [1.29, 1.82) is 0 Å². The molecule has 0 aliphatic carbocycles. The summed E-state index contributed by atoms with van der Waals surface area (Å²) in [5.74, 6) is 1.86. The lowest BCUT2D eigenvalue weighted by Crippen LogP contribution is -2.07. The van der Waals surface area contributed by atoms with Crippen molar-refractivity contribution < 1.29 is 0 Å². The SMILES string of the molecule is CCNc1nc(CC)nc(Sc2cccs2)c1C. The molecule has 0 radical (unpaired) electrons. The molecule has 2 aromatic heterocycles. The quantitative estimate of drug-likeness (QED) is 0.840. The minimum Gasteiger partial charge on any atom is -0.370 e. The maximum atomic E-state index is 4.63. The van der Waals surface area contributed by atoms with Crippen molar-refractivity contribution in [3.63, 3.8) is 0 Å². The largest absolute Gasteiger partial charge is 0.370 e. The number of aromatic nitrogens is 2. The van der Waals surface area contributed by atoms with Crippen molar-refractivity contribution in [1.82, 2.24) is 9.97 Å². The van der Waals surface area contributed by atoms with E-state index in [2.05, 4.69) is 53.6 Å². The molecule has 0 atom stereocenters. The average Bonchev–Trinajstić information content (AvgIpc) is 2.87. The molecule has 0 unspecified atom stereocenters. The molecule has 0 fully saturated rings. The molecular weight excluding hydrogens is 262 g/mol. The molecule has 1 N–H and O–H groups in total. The fraction of sp³-hybridized carbons (Fsp3) is 0.385. The van der Waals surface area contributed by atoms with Gasteiger partial charge in [-0.05, 0) is 25.3 Å². The second-order valence-electron chi connectivity index (χ2n) is 3.84. The van der Waals surface area contributed by atoms with Crippen LogP contribution in [-0.4, -0.2) is 16.5 Å². The molecule has 0 amide bonds. The first kappa shape index (κ1) is 13.4. The van der Waals surface area contributed by atoms with E-state index in [-0.39, 0.29) is 0 Å². The van der Waals surface area contributed by atoms with Crippen LogP contribution in [0.15, 0.2) is 26.7 Å². The number of nitrogens with zero attached hydrogens (tertiary/aromatic N) is 2. The number of hydrogen-bond donors (Lipinski definition) is 1. The van der Waals surface area contributed by atoms with Crippen molar-refractivity contribution >= 4 is 28.9 Å². The lowest BCUT2D eigenvalue weighted by molar-refractivity contribution is 0.870. The third kappa shape index (κ3) is 3.03. The van der Waals surface area contributed by atoms with Crippen LogP contribution in [0.25, 0.3) is 0 Å². The average molecular weight is 279 g/mol. The van der Waals surface area contributed by atoms with Gasteiger partial charge in [0.1, 0.15) is 16.7 Å². The van der Waals surface area contributed by atoms with Gasteiger partial charge in [-0.2, -0.15) is 0 Å². The third-order valence-electron chi connectivity index (χ3n) is 2.50. The van der Waals surface area contributed by atoms with E-state index in [0.29, 0.717) is 0 Å². The van der Waals surface area contributed by atoms with Gasteiger partial charge in [-0.1, -0.05) is 24.8 Å². The van der Waals surface area contributed by atoms with Crippen LogP contribution in [0.2, 0.25) is 0 Å². The summed E-state index contributed by atoms with van der Waals surface area (Å²) >= 11 is 3.46. The monoisotopic (exact) mass is 279 g/mol. The van der Waals surface area contributed by atoms with Crippen molar-refractivity contribution in [3.8, 4) is 0 Å². The Morgan fingerprint density at radius 2 is 2.17 bits per heavy atom. The summed E-state index contributed by atoms with van der Waals surface area (Å²) in [5.41, 5.74) is 1.13. The van der Waals surface area contributed by atoms with Gasteiger partial charge in [-0.15, -0.1) is 11.3 Å². The topological polar surface area (TPSA) is 37.8 Å². The van der Waals surface area contributed by atoms with E-state index >= 15 is 0 Å². The second-order valence-corrected chi connectivity index (χ2v) is 6.07. The van der Waals surface area contributed by atoms with E-state index in [1.807, 2.05) is 0 Å². The van der Waals surface area contributed by atoms with E-state index in [4.69, 9.17) is 0 Å². The van der Waals surface area contributed by atoms with Gasteiger partial charge in [0, 0.05) is 18.5 Å². The van der Waals surface area contributed by atoms with Gasteiger partial charge in [0.05, 0.1) is 4.21 Å². The number of thiophene rings is 1. The van der Waals surface area contributed by atoms with Crippen LogP contribution < -0.4 is 5.32 Å². The molecule has 0 bridgehead atoms. The first-order chi connectivity index (χ1) is 8.74. The van der Waals surface area contributed by atoms with Gasteiger partial charge in [-0.25, -0.2) is 9.97 Å². The zero-order valence-electron chi connectivity index (χ0n) is 10.9. The third-order valence-corrected chi connectivity index (χ3v) is 4.63. The number of hydrogen-bond acceptors (Lipinski definition) is 5. The Morgan fingerprint density at radius 1 is 1.33 bits per heavy atom. The van der Waals surface area contributed by atoms with Gasteiger partial charge in [0.15, 0.2) is 0 Å². The van der Waals surface area contributed by atoms with Crippen LogP contribution in [-0.2, 0) is 6.42 Å². The summed E-state index contributed by atoms with van der Waals surface area (Å²) in [6.07, 6.45) is 0.858. The summed E-state index contributed by atoms with van der Waals surface area (Å²) in [7, 11) is 0. The molecule has 0 spiro atoms. The molecule has 2 heterocycles. The fourth-order valence-electron chi connectivity index (χ4n) is 1.55. The first-order valence-corrected chi connectivity index (χ1v) is 7.77. The predicted molar refractivity (Wildman–Crippen MR) is 78.8 cm³/mol. The summed E-state index contributed by atoms with van der Waals surface area (Å²) < 4.78 is 1.27. The molecule has 2 rings (SSSR count). The Morgan fingerprint density at radius 3 is 2.78 bits per heavy atom. The van der Waals surface area contributed by atoms with Crippen molar-refractivity contribution in [2.75, 3.05) is 11.9 Å². The maximum Gasteiger partial charge on any atom is 0.133 e. The summed E-state index contributed by atoms with van der Waals surface area (Å²) in [4.78, 5) is 9.17. The van der Waals surface area contributed by atoms with Crippen LogP contribution in [0.5, 0.6) is 0 Å². The summed E-state index contributed by atoms with van der Waals surface area (Å²) in [6.45, 7) is 7.12.